The van der Waals surface area contributed by atoms with E-state index in [2.05, 4.69) is 19.9 Å². The lowest BCUT2D eigenvalue weighted by Gasteiger charge is -2.22. The zero-order valence-corrected chi connectivity index (χ0v) is 17.4. The zero-order valence-electron chi connectivity index (χ0n) is 16.6. The third-order valence-corrected chi connectivity index (χ3v) is 6.88. The van der Waals surface area contributed by atoms with Gasteiger partial charge in [0.05, 0.1) is 23.8 Å². The molecule has 152 valence electrons. The lowest BCUT2D eigenvalue weighted by molar-refractivity contribution is -0.127. The summed E-state index contributed by atoms with van der Waals surface area (Å²) in [5.41, 5.74) is 1.97. The topological polar surface area (TPSA) is 62.2 Å². The van der Waals surface area contributed by atoms with E-state index in [4.69, 9.17) is 0 Å². The molecule has 30 heavy (non-hydrogen) atoms. The van der Waals surface area contributed by atoms with Crippen LogP contribution in [0.1, 0.15) is 0 Å². The fourth-order valence-electron chi connectivity index (χ4n) is 4.30. The Balaban J connectivity index is 1.15. The minimum absolute atomic E-state index is 0.227. The molecule has 0 aliphatic carbocycles. The number of rotatable bonds is 5. The van der Waals surface area contributed by atoms with Gasteiger partial charge in [-0.3, -0.25) is 14.8 Å². The SMILES string of the molecule is O=C(CSc1ccncc1)N1CC2CN(c3cnc(-c4ccccc4)cn3)CC2C1. The van der Waals surface area contributed by atoms with Crippen LogP contribution < -0.4 is 4.90 Å². The van der Waals surface area contributed by atoms with Crippen LogP contribution in [0.5, 0.6) is 0 Å². The summed E-state index contributed by atoms with van der Waals surface area (Å²) >= 11 is 1.58. The van der Waals surface area contributed by atoms with E-state index in [-0.39, 0.29) is 5.91 Å². The molecule has 0 bridgehead atoms. The molecular weight excluding hydrogens is 394 g/mol. The van der Waals surface area contributed by atoms with Crippen LogP contribution in [0.25, 0.3) is 11.3 Å². The van der Waals surface area contributed by atoms with E-state index in [1.165, 1.54) is 0 Å². The van der Waals surface area contributed by atoms with E-state index in [9.17, 15) is 4.79 Å². The number of amides is 1. The largest absolute Gasteiger partial charge is 0.355 e. The number of pyridine rings is 1. The maximum atomic E-state index is 12.6. The van der Waals surface area contributed by atoms with Crippen molar-refractivity contribution in [3.05, 3.63) is 67.3 Å². The summed E-state index contributed by atoms with van der Waals surface area (Å²) in [4.78, 5) is 31.3. The first-order chi connectivity index (χ1) is 14.8. The first kappa shape index (κ1) is 19.1. The number of carbonyl (C=O) groups is 1. The second-order valence-corrected chi connectivity index (χ2v) is 8.87. The van der Waals surface area contributed by atoms with E-state index in [1.54, 1.807) is 24.2 Å². The van der Waals surface area contributed by atoms with Gasteiger partial charge in [0.2, 0.25) is 5.91 Å². The second kappa shape index (κ2) is 8.44. The highest BCUT2D eigenvalue weighted by Gasteiger charge is 2.41. The van der Waals surface area contributed by atoms with Crippen molar-refractivity contribution in [2.75, 3.05) is 36.8 Å². The fourth-order valence-corrected chi connectivity index (χ4v) is 5.08. The van der Waals surface area contributed by atoms with Crippen LogP contribution in [-0.4, -0.2) is 57.7 Å². The van der Waals surface area contributed by atoms with Gasteiger partial charge >= 0.3 is 0 Å². The van der Waals surface area contributed by atoms with Gasteiger partial charge in [-0.2, -0.15) is 0 Å². The lowest BCUT2D eigenvalue weighted by Crippen LogP contribution is -2.34. The van der Waals surface area contributed by atoms with Gasteiger partial charge in [0.1, 0.15) is 5.82 Å². The molecule has 7 heteroatoms. The van der Waals surface area contributed by atoms with E-state index < -0.39 is 0 Å². The number of likely N-dealkylation sites (tertiary alicyclic amines) is 1. The Morgan fingerprint density at radius 2 is 1.67 bits per heavy atom. The molecule has 1 amide bonds. The van der Waals surface area contributed by atoms with Crippen molar-refractivity contribution in [2.45, 2.75) is 4.90 Å². The highest BCUT2D eigenvalue weighted by atomic mass is 32.2. The smallest absolute Gasteiger partial charge is 0.232 e. The predicted octanol–water partition coefficient (Wildman–Crippen LogP) is 3.23. The Morgan fingerprint density at radius 1 is 0.933 bits per heavy atom. The number of benzene rings is 1. The second-order valence-electron chi connectivity index (χ2n) is 7.82. The number of carbonyl (C=O) groups excluding carboxylic acids is 1. The molecule has 5 rings (SSSR count). The summed E-state index contributed by atoms with van der Waals surface area (Å²) in [6.45, 7) is 3.55. The average molecular weight is 418 g/mol. The number of anilines is 1. The number of hydrogen-bond acceptors (Lipinski definition) is 6. The summed E-state index contributed by atoms with van der Waals surface area (Å²) < 4.78 is 0. The predicted molar refractivity (Wildman–Crippen MR) is 118 cm³/mol. The Hall–Kier alpha value is -2.93. The van der Waals surface area contributed by atoms with Gasteiger partial charge in [-0.15, -0.1) is 11.8 Å². The van der Waals surface area contributed by atoms with E-state index >= 15 is 0 Å². The number of nitrogens with zero attached hydrogens (tertiary/aromatic N) is 5. The Bertz CT molecular complexity index is 985. The highest BCUT2D eigenvalue weighted by Crippen LogP contribution is 2.34. The average Bonchev–Trinajstić information content (AvgIpc) is 3.39. The van der Waals surface area contributed by atoms with Crippen LogP contribution in [0.4, 0.5) is 5.82 Å². The van der Waals surface area contributed by atoms with Gasteiger partial charge in [-0.05, 0) is 12.1 Å². The molecule has 2 saturated heterocycles. The van der Waals surface area contributed by atoms with Crippen molar-refractivity contribution < 1.29 is 4.79 Å². The maximum Gasteiger partial charge on any atom is 0.232 e. The Labute approximate surface area is 180 Å². The van der Waals surface area contributed by atoms with Crippen molar-refractivity contribution in [3.8, 4) is 11.3 Å². The van der Waals surface area contributed by atoms with Crippen LogP contribution in [0.3, 0.4) is 0 Å². The monoisotopic (exact) mass is 417 g/mol. The first-order valence-corrected chi connectivity index (χ1v) is 11.2. The highest BCUT2D eigenvalue weighted by molar-refractivity contribution is 8.00. The third kappa shape index (κ3) is 4.03. The molecule has 2 fully saturated rings. The van der Waals surface area contributed by atoms with Gasteiger partial charge in [-0.1, -0.05) is 30.3 Å². The molecule has 2 atom stereocenters. The summed E-state index contributed by atoms with van der Waals surface area (Å²) in [5.74, 6) is 2.66. The standard InChI is InChI=1S/C23H23N5OS/c29-23(16-30-20-6-8-24-9-7-20)28-14-18-12-27(13-19(18)15-28)22-11-25-21(10-26-22)17-4-2-1-3-5-17/h1-11,18-19H,12-16H2. The fraction of sp³-hybridized carbons (Fsp3) is 0.304. The van der Waals surface area contributed by atoms with Crippen LogP contribution in [0, 0.1) is 11.8 Å². The van der Waals surface area contributed by atoms with Crippen LogP contribution in [0.2, 0.25) is 0 Å². The molecule has 2 unspecified atom stereocenters. The number of hydrogen-bond donors (Lipinski definition) is 0. The zero-order chi connectivity index (χ0) is 20.3. The van der Waals surface area contributed by atoms with Crippen molar-refractivity contribution in [1.82, 2.24) is 19.9 Å². The van der Waals surface area contributed by atoms with Gasteiger partial charge in [0.25, 0.3) is 0 Å². The lowest BCUT2D eigenvalue weighted by atomic mass is 10.0. The summed E-state index contributed by atoms with van der Waals surface area (Å²) in [6.07, 6.45) is 7.25. The van der Waals surface area contributed by atoms with E-state index in [0.717, 1.165) is 48.1 Å². The minimum atomic E-state index is 0.227. The van der Waals surface area contributed by atoms with Crippen LogP contribution >= 0.6 is 11.8 Å². The van der Waals surface area contributed by atoms with Crippen molar-refractivity contribution in [1.29, 1.82) is 0 Å². The molecule has 0 N–H and O–H groups in total. The summed E-state index contributed by atoms with van der Waals surface area (Å²) in [6, 6.07) is 14.0. The molecule has 0 spiro atoms. The van der Waals surface area contributed by atoms with Gasteiger partial charge < -0.3 is 9.80 Å². The molecular formula is C23H23N5OS. The molecule has 6 nitrogen and oxygen atoms in total. The maximum absolute atomic E-state index is 12.6. The molecule has 0 radical (unpaired) electrons. The van der Waals surface area contributed by atoms with Crippen LogP contribution in [0.15, 0.2) is 72.1 Å². The molecule has 2 aromatic heterocycles. The quantitative estimate of drug-likeness (QED) is 0.594. The number of aromatic nitrogens is 3. The minimum Gasteiger partial charge on any atom is -0.355 e. The van der Waals surface area contributed by atoms with E-state index in [0.29, 0.717) is 17.6 Å². The Morgan fingerprint density at radius 3 is 2.33 bits per heavy atom. The third-order valence-electron chi connectivity index (χ3n) is 5.88. The molecule has 2 aliphatic rings. The van der Waals surface area contributed by atoms with Crippen molar-refractivity contribution in [3.63, 3.8) is 0 Å². The molecule has 4 heterocycles. The Kier molecular flexibility index (Phi) is 5.36. The van der Waals surface area contributed by atoms with Crippen LogP contribution in [-0.2, 0) is 4.79 Å². The first-order valence-electron chi connectivity index (χ1n) is 10.2. The normalized spacial score (nSPS) is 20.4. The summed E-state index contributed by atoms with van der Waals surface area (Å²) in [7, 11) is 0. The molecule has 1 aromatic carbocycles. The van der Waals surface area contributed by atoms with Gasteiger partial charge in [-0.25, -0.2) is 4.98 Å². The van der Waals surface area contributed by atoms with Crippen molar-refractivity contribution >= 4 is 23.5 Å². The van der Waals surface area contributed by atoms with Gasteiger partial charge in [0.15, 0.2) is 0 Å². The molecule has 0 saturated carbocycles. The number of fused-ring (bicyclic) bond motifs is 1. The number of thioether (sulfide) groups is 1. The molecule has 3 aromatic rings. The molecule has 2 aliphatic heterocycles. The van der Waals surface area contributed by atoms with E-state index in [1.807, 2.05) is 59.8 Å². The van der Waals surface area contributed by atoms with Gasteiger partial charge in [0, 0.05) is 60.9 Å². The summed E-state index contributed by atoms with van der Waals surface area (Å²) in [5, 5.41) is 0. The van der Waals surface area contributed by atoms with Crippen molar-refractivity contribution in [2.24, 2.45) is 11.8 Å².